The van der Waals surface area contributed by atoms with E-state index >= 15 is 0 Å². The highest BCUT2D eigenvalue weighted by molar-refractivity contribution is 7.80. The fraction of sp³-hybridized carbons (Fsp3) is 0.381. The van der Waals surface area contributed by atoms with Crippen molar-refractivity contribution in [3.63, 3.8) is 0 Å². The summed E-state index contributed by atoms with van der Waals surface area (Å²) in [5, 5.41) is 4.28. The largest absolute Gasteiger partial charge is 0.497 e. The van der Waals surface area contributed by atoms with Crippen LogP contribution in [0.5, 0.6) is 5.75 Å². The van der Waals surface area contributed by atoms with Crippen LogP contribution in [0.15, 0.2) is 48.5 Å². The molecule has 3 rings (SSSR count). The number of rotatable bonds is 5. The monoisotopic (exact) mass is 370 g/mol. The zero-order chi connectivity index (χ0) is 18.4. The maximum absolute atomic E-state index is 5.65. The molecule has 1 fully saturated rings. The number of hydrogen-bond acceptors (Lipinski definition) is 2. The second kappa shape index (κ2) is 9.01. The number of aryl methyl sites for hydroxylation is 1. The smallest absolute Gasteiger partial charge is 0.173 e. The molecule has 1 aliphatic rings. The van der Waals surface area contributed by atoms with Crippen molar-refractivity contribution in [3.8, 4) is 5.75 Å². The lowest BCUT2D eigenvalue weighted by atomic mass is 10.1. The standard InChI is InChI=1S/C21H27N3OS/c1-3-18-6-4-5-7-20(18)22-21(26)24-14-12-23(13-15-24)16-17-8-10-19(25-2)11-9-17/h4-11H,3,12-16H2,1-2H3,(H,22,26)/p+1. The van der Waals surface area contributed by atoms with Crippen LogP contribution < -0.4 is 15.0 Å². The average Bonchev–Trinajstić information content (AvgIpc) is 2.69. The summed E-state index contributed by atoms with van der Waals surface area (Å²) in [5.74, 6) is 0.914. The van der Waals surface area contributed by atoms with E-state index in [0.717, 1.165) is 55.7 Å². The minimum absolute atomic E-state index is 0.842. The predicted octanol–water partition coefficient (Wildman–Crippen LogP) is 2.36. The van der Waals surface area contributed by atoms with Gasteiger partial charge in [-0.25, -0.2) is 0 Å². The second-order valence-corrected chi connectivity index (χ2v) is 7.09. The number of thiocarbonyl (C=S) groups is 1. The molecule has 1 saturated heterocycles. The molecular weight excluding hydrogens is 342 g/mol. The van der Waals surface area contributed by atoms with Crippen molar-refractivity contribution in [2.75, 3.05) is 38.6 Å². The summed E-state index contributed by atoms with van der Waals surface area (Å²) in [6.45, 7) is 7.41. The summed E-state index contributed by atoms with van der Waals surface area (Å²) in [4.78, 5) is 3.89. The molecule has 138 valence electrons. The van der Waals surface area contributed by atoms with Crippen molar-refractivity contribution >= 4 is 23.0 Å². The quantitative estimate of drug-likeness (QED) is 0.791. The Labute approximate surface area is 161 Å². The molecule has 4 nitrogen and oxygen atoms in total. The van der Waals surface area contributed by atoms with E-state index in [4.69, 9.17) is 17.0 Å². The van der Waals surface area contributed by atoms with Gasteiger partial charge in [0.1, 0.15) is 12.3 Å². The van der Waals surface area contributed by atoms with Gasteiger partial charge in [-0.05, 0) is 54.5 Å². The molecule has 0 unspecified atom stereocenters. The van der Waals surface area contributed by atoms with E-state index in [1.165, 1.54) is 11.1 Å². The van der Waals surface area contributed by atoms with Crippen molar-refractivity contribution in [2.24, 2.45) is 0 Å². The Morgan fingerprint density at radius 2 is 1.81 bits per heavy atom. The Balaban J connectivity index is 1.50. The highest BCUT2D eigenvalue weighted by atomic mass is 32.1. The predicted molar refractivity (Wildman–Crippen MR) is 111 cm³/mol. The number of nitrogens with one attached hydrogen (secondary N) is 2. The van der Waals surface area contributed by atoms with Crippen molar-refractivity contribution in [1.29, 1.82) is 0 Å². The lowest BCUT2D eigenvalue weighted by Crippen LogP contribution is -3.13. The first-order valence-corrected chi connectivity index (χ1v) is 9.70. The van der Waals surface area contributed by atoms with E-state index in [0.29, 0.717) is 0 Å². The first kappa shape index (κ1) is 18.7. The molecule has 0 atom stereocenters. The molecule has 0 spiro atoms. The van der Waals surface area contributed by atoms with Gasteiger partial charge in [0.15, 0.2) is 5.11 Å². The number of hydrogen-bond donors (Lipinski definition) is 2. The molecule has 26 heavy (non-hydrogen) atoms. The van der Waals surface area contributed by atoms with Crippen LogP contribution in [-0.2, 0) is 13.0 Å². The summed E-state index contributed by atoms with van der Waals surface area (Å²) in [6.07, 6.45) is 1.01. The first-order valence-electron chi connectivity index (χ1n) is 9.30. The van der Waals surface area contributed by atoms with E-state index in [2.05, 4.69) is 53.5 Å². The van der Waals surface area contributed by atoms with Crippen LogP contribution in [-0.4, -0.2) is 43.3 Å². The third-order valence-electron chi connectivity index (χ3n) is 5.01. The molecule has 0 aliphatic carbocycles. The first-order chi connectivity index (χ1) is 12.7. The number of ether oxygens (including phenoxy) is 1. The van der Waals surface area contributed by atoms with Crippen molar-refractivity contribution < 1.29 is 9.64 Å². The number of anilines is 1. The summed E-state index contributed by atoms with van der Waals surface area (Å²) in [5.41, 5.74) is 3.79. The van der Waals surface area contributed by atoms with E-state index in [1.807, 2.05) is 12.1 Å². The van der Waals surface area contributed by atoms with Gasteiger partial charge in [-0.2, -0.15) is 0 Å². The van der Waals surface area contributed by atoms with Gasteiger partial charge < -0.3 is 19.9 Å². The minimum Gasteiger partial charge on any atom is -0.497 e. The zero-order valence-corrected chi connectivity index (χ0v) is 16.4. The third kappa shape index (κ3) is 4.74. The molecule has 5 heteroatoms. The number of quaternary nitrogens is 1. The number of nitrogens with zero attached hydrogens (tertiary/aromatic N) is 1. The van der Waals surface area contributed by atoms with Crippen molar-refractivity contribution in [1.82, 2.24) is 4.90 Å². The number of piperazine rings is 1. The highest BCUT2D eigenvalue weighted by Gasteiger charge is 2.22. The molecule has 2 aromatic carbocycles. The Kier molecular flexibility index (Phi) is 6.47. The van der Waals surface area contributed by atoms with Crippen molar-refractivity contribution in [2.45, 2.75) is 19.9 Å². The molecule has 1 aliphatic heterocycles. The van der Waals surface area contributed by atoms with Crippen LogP contribution in [0.3, 0.4) is 0 Å². The van der Waals surface area contributed by atoms with Crippen LogP contribution in [0.4, 0.5) is 5.69 Å². The van der Waals surface area contributed by atoms with Gasteiger partial charge in [0, 0.05) is 11.3 Å². The van der Waals surface area contributed by atoms with E-state index in [9.17, 15) is 0 Å². The van der Waals surface area contributed by atoms with Gasteiger partial charge >= 0.3 is 0 Å². The number of para-hydroxylation sites is 1. The van der Waals surface area contributed by atoms with Crippen LogP contribution in [0, 0.1) is 0 Å². The van der Waals surface area contributed by atoms with Gasteiger partial charge in [0.05, 0.1) is 33.3 Å². The van der Waals surface area contributed by atoms with Gasteiger partial charge in [-0.1, -0.05) is 25.1 Å². The zero-order valence-electron chi connectivity index (χ0n) is 15.6. The molecule has 1 heterocycles. The fourth-order valence-electron chi connectivity index (χ4n) is 3.38. The van der Waals surface area contributed by atoms with E-state index < -0.39 is 0 Å². The van der Waals surface area contributed by atoms with Gasteiger partial charge in [-0.3, -0.25) is 0 Å². The fourth-order valence-corrected chi connectivity index (χ4v) is 3.67. The minimum atomic E-state index is 0.842. The molecule has 0 aromatic heterocycles. The Hall–Kier alpha value is -2.11. The molecule has 2 aromatic rings. The highest BCUT2D eigenvalue weighted by Crippen LogP contribution is 2.16. The molecule has 0 bridgehead atoms. The van der Waals surface area contributed by atoms with Crippen LogP contribution in [0.2, 0.25) is 0 Å². The third-order valence-corrected chi connectivity index (χ3v) is 5.37. The maximum Gasteiger partial charge on any atom is 0.173 e. The van der Waals surface area contributed by atoms with E-state index in [1.54, 1.807) is 12.0 Å². The van der Waals surface area contributed by atoms with Gasteiger partial charge in [0.2, 0.25) is 0 Å². The molecule has 2 N–H and O–H groups in total. The number of methoxy groups -OCH3 is 1. The summed E-state index contributed by atoms with van der Waals surface area (Å²) >= 11 is 5.65. The molecule has 0 saturated carbocycles. The molecule has 0 radical (unpaired) electrons. The van der Waals surface area contributed by atoms with Gasteiger partial charge in [-0.15, -0.1) is 0 Å². The number of benzene rings is 2. The Morgan fingerprint density at radius 1 is 1.12 bits per heavy atom. The summed E-state index contributed by atoms with van der Waals surface area (Å²) in [6, 6.07) is 16.8. The molecular formula is C21H28N3OS+. The van der Waals surface area contributed by atoms with Crippen LogP contribution >= 0.6 is 12.2 Å². The summed E-state index contributed by atoms with van der Waals surface area (Å²) < 4.78 is 5.23. The normalized spacial score (nSPS) is 14.9. The Morgan fingerprint density at radius 3 is 2.46 bits per heavy atom. The lowest BCUT2D eigenvalue weighted by molar-refractivity contribution is -0.917. The van der Waals surface area contributed by atoms with Crippen molar-refractivity contribution in [3.05, 3.63) is 59.7 Å². The average molecular weight is 371 g/mol. The van der Waals surface area contributed by atoms with Crippen LogP contribution in [0.1, 0.15) is 18.1 Å². The van der Waals surface area contributed by atoms with Gasteiger partial charge in [0.25, 0.3) is 0 Å². The lowest BCUT2D eigenvalue weighted by Gasteiger charge is -2.34. The molecule has 0 amide bonds. The SMILES string of the molecule is CCc1ccccc1NC(=S)N1CC[NH+](Cc2ccc(OC)cc2)CC1. The maximum atomic E-state index is 5.65. The van der Waals surface area contributed by atoms with Crippen LogP contribution in [0.25, 0.3) is 0 Å². The second-order valence-electron chi connectivity index (χ2n) is 6.70. The topological polar surface area (TPSA) is 28.9 Å². The summed E-state index contributed by atoms with van der Waals surface area (Å²) in [7, 11) is 1.70. The Bertz CT molecular complexity index is 724. The van der Waals surface area contributed by atoms with E-state index in [-0.39, 0.29) is 0 Å².